The van der Waals surface area contributed by atoms with Gasteiger partial charge in [0, 0.05) is 28.1 Å². The summed E-state index contributed by atoms with van der Waals surface area (Å²) < 4.78 is 2.71. The van der Waals surface area contributed by atoms with Crippen LogP contribution in [0.5, 0.6) is 0 Å². The maximum atomic E-state index is 8.94. The van der Waals surface area contributed by atoms with Gasteiger partial charge in [-0.3, -0.25) is 9.55 Å². The van der Waals surface area contributed by atoms with E-state index in [1.165, 1.54) is 0 Å². The van der Waals surface area contributed by atoms with Gasteiger partial charge in [0.15, 0.2) is 0 Å². The van der Waals surface area contributed by atoms with Gasteiger partial charge in [-0.2, -0.15) is 5.26 Å². The van der Waals surface area contributed by atoms with Crippen molar-refractivity contribution < 1.29 is 0 Å². The minimum absolute atomic E-state index is 0.591. The van der Waals surface area contributed by atoms with Gasteiger partial charge < -0.3 is 5.73 Å². The number of anilines is 1. The number of hydrogen-bond acceptors (Lipinski definition) is 4. The number of aromatic nitrogens is 3. The highest BCUT2D eigenvalue weighted by molar-refractivity contribution is 9.10. The number of halogens is 1. The summed E-state index contributed by atoms with van der Waals surface area (Å²) in [7, 11) is 0. The summed E-state index contributed by atoms with van der Waals surface area (Å²) in [6.45, 7) is 0. The van der Waals surface area contributed by atoms with E-state index in [0.29, 0.717) is 11.3 Å². The van der Waals surface area contributed by atoms with Crippen LogP contribution in [0.25, 0.3) is 16.9 Å². The van der Waals surface area contributed by atoms with Gasteiger partial charge in [0.05, 0.1) is 35.5 Å². The lowest BCUT2D eigenvalue weighted by Gasteiger charge is -2.11. The molecule has 2 heterocycles. The van der Waals surface area contributed by atoms with E-state index in [-0.39, 0.29) is 0 Å². The van der Waals surface area contributed by atoms with Gasteiger partial charge in [-0.15, -0.1) is 0 Å². The Morgan fingerprint density at radius 2 is 2.05 bits per heavy atom. The van der Waals surface area contributed by atoms with Gasteiger partial charge >= 0.3 is 0 Å². The monoisotopic (exact) mass is 339 g/mol. The Morgan fingerprint density at radius 3 is 2.76 bits per heavy atom. The minimum atomic E-state index is 0.591. The Morgan fingerprint density at radius 1 is 1.19 bits per heavy atom. The first-order valence-corrected chi connectivity index (χ1v) is 6.92. The first kappa shape index (κ1) is 13.3. The lowest BCUT2D eigenvalue weighted by Crippen LogP contribution is -1.99. The predicted molar refractivity (Wildman–Crippen MR) is 83.6 cm³/mol. The molecule has 0 aliphatic carbocycles. The van der Waals surface area contributed by atoms with E-state index in [1.54, 1.807) is 43.1 Å². The third-order valence-electron chi connectivity index (χ3n) is 3.11. The van der Waals surface area contributed by atoms with Crippen molar-refractivity contribution in [3.63, 3.8) is 0 Å². The van der Waals surface area contributed by atoms with E-state index in [2.05, 4.69) is 32.0 Å². The second-order valence-electron chi connectivity index (χ2n) is 4.39. The number of nitrogen functional groups attached to an aromatic ring is 1. The average molecular weight is 340 g/mol. The molecular weight excluding hydrogens is 330 g/mol. The van der Waals surface area contributed by atoms with Crippen molar-refractivity contribution in [1.82, 2.24) is 14.5 Å². The topological polar surface area (TPSA) is 80.5 Å². The van der Waals surface area contributed by atoms with Crippen LogP contribution in [0, 0.1) is 11.3 Å². The lowest BCUT2D eigenvalue weighted by atomic mass is 10.1. The van der Waals surface area contributed by atoms with Crippen LogP contribution in [-0.2, 0) is 0 Å². The number of rotatable bonds is 2. The molecule has 3 aromatic rings. The Hall–Kier alpha value is -2.65. The zero-order valence-electron chi connectivity index (χ0n) is 10.9. The average Bonchev–Trinajstić information content (AvgIpc) is 2.96. The highest BCUT2D eigenvalue weighted by Gasteiger charge is 2.12. The van der Waals surface area contributed by atoms with Crippen molar-refractivity contribution in [2.24, 2.45) is 0 Å². The van der Waals surface area contributed by atoms with Crippen molar-refractivity contribution in [3.8, 4) is 23.0 Å². The van der Waals surface area contributed by atoms with E-state index >= 15 is 0 Å². The second kappa shape index (κ2) is 5.38. The van der Waals surface area contributed by atoms with Gasteiger partial charge in [0.2, 0.25) is 0 Å². The zero-order valence-corrected chi connectivity index (χ0v) is 12.4. The zero-order chi connectivity index (χ0) is 14.8. The van der Waals surface area contributed by atoms with Gasteiger partial charge in [0.25, 0.3) is 0 Å². The van der Waals surface area contributed by atoms with E-state index in [1.807, 2.05) is 10.6 Å². The summed E-state index contributed by atoms with van der Waals surface area (Å²) in [6, 6.07) is 9.25. The molecule has 0 fully saturated rings. The number of nitriles is 1. The molecule has 0 aliphatic heterocycles. The molecule has 0 radical (unpaired) electrons. The molecule has 0 saturated heterocycles. The Labute approximate surface area is 129 Å². The molecule has 5 nitrogen and oxygen atoms in total. The molecule has 0 spiro atoms. The second-order valence-corrected chi connectivity index (χ2v) is 5.24. The minimum Gasteiger partial charge on any atom is -0.398 e. The van der Waals surface area contributed by atoms with Crippen LogP contribution in [0.1, 0.15) is 5.56 Å². The van der Waals surface area contributed by atoms with Crippen LogP contribution in [-0.4, -0.2) is 14.5 Å². The molecule has 3 rings (SSSR count). The third kappa shape index (κ3) is 2.39. The molecule has 6 heteroatoms. The molecule has 0 saturated carbocycles. The van der Waals surface area contributed by atoms with Crippen molar-refractivity contribution >= 4 is 21.6 Å². The summed E-state index contributed by atoms with van der Waals surface area (Å²) in [5, 5.41) is 8.94. The number of nitrogens with two attached hydrogens (primary N) is 1. The Bertz CT molecular complexity index is 847. The molecule has 2 N–H and O–H groups in total. The van der Waals surface area contributed by atoms with Crippen LogP contribution in [0.4, 0.5) is 5.69 Å². The number of benzene rings is 1. The normalized spacial score (nSPS) is 10.3. The number of imidazole rings is 1. The van der Waals surface area contributed by atoms with Gasteiger partial charge in [-0.05, 0) is 40.2 Å². The molecule has 21 heavy (non-hydrogen) atoms. The highest BCUT2D eigenvalue weighted by atomic mass is 79.9. The van der Waals surface area contributed by atoms with Crippen molar-refractivity contribution in [2.45, 2.75) is 0 Å². The van der Waals surface area contributed by atoms with E-state index in [0.717, 1.165) is 21.4 Å². The molecule has 0 unspecified atom stereocenters. The van der Waals surface area contributed by atoms with E-state index in [9.17, 15) is 0 Å². The fourth-order valence-electron chi connectivity index (χ4n) is 2.08. The highest BCUT2D eigenvalue weighted by Crippen LogP contribution is 2.30. The number of hydrogen-bond donors (Lipinski definition) is 1. The number of nitrogens with zero attached hydrogens (tertiary/aromatic N) is 4. The van der Waals surface area contributed by atoms with Crippen LogP contribution in [0.15, 0.2) is 53.7 Å². The molecule has 0 aliphatic rings. The summed E-state index contributed by atoms with van der Waals surface area (Å²) in [6.07, 6.45) is 6.80. The van der Waals surface area contributed by atoms with Crippen LogP contribution in [0.2, 0.25) is 0 Å². The van der Waals surface area contributed by atoms with E-state index < -0.39 is 0 Å². The maximum Gasteiger partial charge on any atom is 0.0997 e. The smallest absolute Gasteiger partial charge is 0.0997 e. The molecule has 1 aromatic carbocycles. The molecule has 102 valence electrons. The SMILES string of the molecule is N#Cc1ccc(-n2cncc2-c2cnccc2N)c(Br)c1. The largest absolute Gasteiger partial charge is 0.398 e. The maximum absolute atomic E-state index is 8.94. The quantitative estimate of drug-likeness (QED) is 0.777. The summed E-state index contributed by atoms with van der Waals surface area (Å²) in [4.78, 5) is 8.30. The predicted octanol–water partition coefficient (Wildman–Crippen LogP) is 3.15. The Kier molecular flexibility index (Phi) is 3.42. The molecule has 2 aromatic heterocycles. The van der Waals surface area contributed by atoms with Gasteiger partial charge in [-0.1, -0.05) is 0 Å². The lowest BCUT2D eigenvalue weighted by molar-refractivity contribution is 1.05. The summed E-state index contributed by atoms with van der Waals surface area (Å²) in [5.41, 5.74) is 9.76. The van der Waals surface area contributed by atoms with Crippen molar-refractivity contribution in [1.29, 1.82) is 5.26 Å². The van der Waals surface area contributed by atoms with Crippen molar-refractivity contribution in [2.75, 3.05) is 5.73 Å². The molecular formula is C15H10BrN5. The third-order valence-corrected chi connectivity index (χ3v) is 3.74. The molecule has 0 amide bonds. The fourth-order valence-corrected chi connectivity index (χ4v) is 2.65. The summed E-state index contributed by atoms with van der Waals surface area (Å²) in [5.74, 6) is 0. The van der Waals surface area contributed by atoms with Crippen molar-refractivity contribution in [3.05, 3.63) is 59.2 Å². The van der Waals surface area contributed by atoms with Crippen LogP contribution in [0.3, 0.4) is 0 Å². The number of pyridine rings is 1. The fraction of sp³-hybridized carbons (Fsp3) is 0. The standard InChI is InChI=1S/C15H10BrN5/c16-12-5-10(6-17)1-2-14(12)21-9-20-8-15(21)11-7-19-4-3-13(11)18/h1-5,7-9H,(H2,18,19). The first-order valence-electron chi connectivity index (χ1n) is 6.13. The van der Waals surface area contributed by atoms with Crippen LogP contribution >= 0.6 is 15.9 Å². The summed E-state index contributed by atoms with van der Waals surface area (Å²) >= 11 is 3.49. The van der Waals surface area contributed by atoms with Crippen LogP contribution < -0.4 is 5.73 Å². The first-order chi connectivity index (χ1) is 10.2. The van der Waals surface area contributed by atoms with E-state index in [4.69, 9.17) is 11.0 Å². The van der Waals surface area contributed by atoms with Gasteiger partial charge in [0.1, 0.15) is 0 Å². The Balaban J connectivity index is 2.17. The molecule has 0 bridgehead atoms. The molecule has 0 atom stereocenters. The van der Waals surface area contributed by atoms with Gasteiger partial charge in [-0.25, -0.2) is 4.98 Å².